The van der Waals surface area contributed by atoms with E-state index >= 15 is 0 Å². The Labute approximate surface area is 435 Å². The molecule has 3 saturated heterocycles. The molecule has 0 aliphatic carbocycles. The Morgan fingerprint density at radius 2 is 0.903 bits per heavy atom. The van der Waals surface area contributed by atoms with Gasteiger partial charge in [-0.2, -0.15) is 0 Å². The quantitative estimate of drug-likeness (QED) is 0.0450. The van der Waals surface area contributed by atoms with Crippen molar-refractivity contribution in [2.24, 2.45) is 23.3 Å². The fourth-order valence-electron chi connectivity index (χ4n) is 10.8. The lowest BCUT2D eigenvalue weighted by Gasteiger charge is -2.43. The highest BCUT2D eigenvalue weighted by Gasteiger charge is 2.47. The lowest BCUT2D eigenvalue weighted by molar-refractivity contribution is -0.139. The van der Waals surface area contributed by atoms with E-state index in [1.165, 1.54) is 0 Å². The summed E-state index contributed by atoms with van der Waals surface area (Å²) in [4.78, 5) is 57.9. The number of ketones is 1. The lowest BCUT2D eigenvalue weighted by Crippen LogP contribution is -2.54. The largest absolute Gasteiger partial charge is 0.673 e. The summed E-state index contributed by atoms with van der Waals surface area (Å²) in [6.45, 7) is 27.8. The maximum Gasteiger partial charge on any atom is 0.320 e. The average molecular weight is 1030 g/mol. The summed E-state index contributed by atoms with van der Waals surface area (Å²) in [6, 6.07) is -1.53. The number of hydrogen-bond acceptors (Lipinski definition) is 18. The smallest absolute Gasteiger partial charge is 0.320 e. The van der Waals surface area contributed by atoms with Crippen LogP contribution in [0.3, 0.4) is 0 Å². The van der Waals surface area contributed by atoms with Gasteiger partial charge in [0.15, 0.2) is 0 Å². The minimum absolute atomic E-state index is 0.0493. The Kier molecular flexibility index (Phi) is 32.8. The van der Waals surface area contributed by atoms with Gasteiger partial charge in [0.05, 0.1) is 30.3 Å². The van der Waals surface area contributed by atoms with Gasteiger partial charge in [0, 0.05) is 19.5 Å². The number of aliphatic carboxylic acids is 1. The van der Waals surface area contributed by atoms with E-state index in [1.807, 2.05) is 14.1 Å². The number of aliphatic hydroxyl groups excluding tert-OH is 2. The number of carboxylic acids is 1. The maximum atomic E-state index is 12.2. The molecular formula is C50H106B3N8O11-3. The average Bonchev–Trinajstić information content (AvgIpc) is 3.97. The van der Waals surface area contributed by atoms with Crippen LogP contribution in [0.2, 0.25) is 34.9 Å². The SMILES string of the molecule is CCC(CCC1N[B-](C(C)C)(C(C)C)OC1=O)CNC.CNCC(CCC1N[B-](C(C)C)(C(C)C)OC1=O)CC(C)=O.CNCC(O)CCC1N[B-](C(C)C)(C(C)C)OC1=O.NCC(O)CCC(N)C(=O)O. The van der Waals surface area contributed by atoms with Crippen LogP contribution in [0.5, 0.6) is 0 Å². The zero-order valence-corrected chi connectivity index (χ0v) is 48.0. The molecule has 0 aromatic carbocycles. The molecule has 8 unspecified atom stereocenters. The van der Waals surface area contributed by atoms with Gasteiger partial charge in [-0.05, 0) is 104 Å². The van der Waals surface area contributed by atoms with E-state index < -0.39 is 43.7 Å². The molecule has 22 heteroatoms. The third-order valence-corrected chi connectivity index (χ3v) is 15.6. The predicted molar refractivity (Wildman–Crippen MR) is 295 cm³/mol. The number of Topliss-reactive ketones (excluding diaryl/α,β-unsaturated/α-hetero) is 1. The van der Waals surface area contributed by atoms with Crippen LogP contribution in [0.1, 0.15) is 161 Å². The number of likely N-dealkylation sites (N-methyl/N-ethyl adjacent to an activating group) is 1. The van der Waals surface area contributed by atoms with Crippen molar-refractivity contribution >= 4 is 49.1 Å². The molecule has 424 valence electrons. The van der Waals surface area contributed by atoms with Crippen LogP contribution in [-0.2, 0) is 37.9 Å². The van der Waals surface area contributed by atoms with Crippen LogP contribution < -0.4 is 43.1 Å². The Morgan fingerprint density at radius 3 is 1.18 bits per heavy atom. The molecule has 3 rings (SSSR count). The fraction of sp³-hybridized carbons (Fsp3) is 0.900. The number of carbonyl (C=O) groups excluding carboxylic acids is 4. The summed E-state index contributed by atoms with van der Waals surface area (Å²) < 4.78 is 17.3. The highest BCUT2D eigenvalue weighted by molar-refractivity contribution is 6.78. The summed E-state index contributed by atoms with van der Waals surface area (Å²) in [7, 11) is 5.67. The number of nitrogens with two attached hydrogens (primary N) is 2. The van der Waals surface area contributed by atoms with Crippen molar-refractivity contribution in [3.05, 3.63) is 0 Å². The minimum Gasteiger partial charge on any atom is -0.673 e. The van der Waals surface area contributed by atoms with Crippen LogP contribution in [0.4, 0.5) is 0 Å². The monoisotopic (exact) mass is 1030 g/mol. The number of aliphatic hydroxyl groups is 2. The Balaban J connectivity index is 0.000000956. The van der Waals surface area contributed by atoms with E-state index in [-0.39, 0.29) is 84.0 Å². The first-order chi connectivity index (χ1) is 33.5. The van der Waals surface area contributed by atoms with Crippen LogP contribution in [0, 0.1) is 11.8 Å². The number of nitrogens with one attached hydrogen (secondary N) is 6. The Bertz CT molecular complexity index is 1570. The van der Waals surface area contributed by atoms with Gasteiger partial charge in [-0.3, -0.25) is 19.2 Å². The van der Waals surface area contributed by atoms with Crippen molar-refractivity contribution in [2.75, 3.05) is 47.3 Å². The van der Waals surface area contributed by atoms with Crippen LogP contribution in [0.25, 0.3) is 0 Å². The lowest BCUT2D eigenvalue weighted by atomic mass is 9.37. The molecule has 3 aliphatic heterocycles. The fourth-order valence-corrected chi connectivity index (χ4v) is 10.8. The van der Waals surface area contributed by atoms with Gasteiger partial charge in [-0.25, -0.2) is 0 Å². The van der Waals surface area contributed by atoms with Gasteiger partial charge < -0.3 is 77.2 Å². The molecule has 8 atom stereocenters. The third-order valence-electron chi connectivity index (χ3n) is 15.6. The zero-order valence-electron chi connectivity index (χ0n) is 48.0. The van der Waals surface area contributed by atoms with Gasteiger partial charge >= 0.3 is 5.97 Å². The van der Waals surface area contributed by atoms with Gasteiger partial charge in [-0.15, -0.1) is 34.9 Å². The summed E-state index contributed by atoms with van der Waals surface area (Å²) in [6.07, 6.45) is 5.96. The van der Waals surface area contributed by atoms with E-state index in [4.69, 9.17) is 35.6 Å². The van der Waals surface area contributed by atoms with Gasteiger partial charge in [-0.1, -0.05) is 96.4 Å². The second-order valence-electron chi connectivity index (χ2n) is 23.2. The van der Waals surface area contributed by atoms with Crippen molar-refractivity contribution in [3.8, 4) is 0 Å². The third kappa shape index (κ3) is 21.9. The van der Waals surface area contributed by atoms with Crippen LogP contribution in [-0.4, -0.2) is 148 Å². The van der Waals surface area contributed by atoms with Crippen molar-refractivity contribution in [1.82, 2.24) is 31.6 Å². The normalized spacial score (nSPS) is 22.0. The minimum atomic E-state index is -1.31. The maximum absolute atomic E-state index is 12.2. The molecule has 3 fully saturated rings. The van der Waals surface area contributed by atoms with Crippen LogP contribution in [0.15, 0.2) is 0 Å². The topological polar surface area (TPSA) is 298 Å². The second-order valence-corrected chi connectivity index (χ2v) is 23.2. The first-order valence-corrected chi connectivity index (χ1v) is 27.5. The highest BCUT2D eigenvalue weighted by Crippen LogP contribution is 2.38. The molecule has 3 aliphatic rings. The van der Waals surface area contributed by atoms with Crippen molar-refractivity contribution in [1.29, 1.82) is 0 Å². The molecule has 0 spiro atoms. The Hall–Kier alpha value is -2.66. The van der Waals surface area contributed by atoms with E-state index in [0.29, 0.717) is 49.8 Å². The van der Waals surface area contributed by atoms with Gasteiger partial charge in [0.1, 0.15) is 11.8 Å². The van der Waals surface area contributed by atoms with E-state index in [1.54, 1.807) is 14.0 Å². The van der Waals surface area contributed by atoms with Crippen molar-refractivity contribution in [2.45, 2.75) is 232 Å². The second kappa shape index (κ2) is 34.1. The van der Waals surface area contributed by atoms with Crippen LogP contribution >= 0.6 is 0 Å². The molecule has 0 aromatic rings. The van der Waals surface area contributed by atoms with Crippen molar-refractivity contribution < 1.29 is 53.3 Å². The van der Waals surface area contributed by atoms with E-state index in [0.717, 1.165) is 45.2 Å². The summed E-state index contributed by atoms with van der Waals surface area (Å²) in [5.41, 5.74) is 10.3. The molecule has 72 heavy (non-hydrogen) atoms. The number of rotatable bonds is 29. The Morgan fingerprint density at radius 1 is 0.569 bits per heavy atom. The highest BCUT2D eigenvalue weighted by atomic mass is 16.5. The number of carbonyl (C=O) groups is 5. The molecule has 0 aromatic heterocycles. The van der Waals surface area contributed by atoms with E-state index in [9.17, 15) is 29.1 Å². The number of carboxylic acid groups (broad SMARTS) is 1. The molecule has 0 amide bonds. The summed E-state index contributed by atoms with van der Waals surface area (Å²) in [5.74, 6) is 1.49. The molecule has 3 heterocycles. The summed E-state index contributed by atoms with van der Waals surface area (Å²) in [5, 5.41) is 46.7. The first kappa shape index (κ1) is 69.3. The molecule has 19 nitrogen and oxygen atoms in total. The standard InChI is InChI=1S/C16H32BN2O3.C15H32BN2O2.C13H28BN2O3.C6H14N2O3/c1-11(2)17(12(3)4)19-15(16(21)22-17)8-7-14(10-18-6)9-13(5)20;1-7-13(10-17-6)8-9-14-15(19)20-16(18-14,11(2)3)12(4)5;1-9(2)14(10(3)4)16-12(13(18)19-14)7-6-11(17)8-15-5;7-3-4(9)1-2-5(8)6(10)11/h11-12,14-15,18-19H,7-10H2,1-6H3;11-14,17-18H,7-10H2,1-6H3;9-12,15-17H,6-8H2,1-5H3;4-5,9H,1-3,7-8H2,(H,10,11)/q3*-1;. The predicted octanol–water partition coefficient (Wildman–Crippen LogP) is 4.77. The van der Waals surface area contributed by atoms with Crippen molar-refractivity contribution in [3.63, 3.8) is 0 Å². The van der Waals surface area contributed by atoms with Gasteiger partial charge in [0.2, 0.25) is 19.5 Å². The van der Waals surface area contributed by atoms with Gasteiger partial charge in [0.25, 0.3) is 17.9 Å². The van der Waals surface area contributed by atoms with E-state index in [2.05, 4.69) is 122 Å². The molecule has 13 N–H and O–H groups in total. The molecule has 0 bridgehead atoms. The summed E-state index contributed by atoms with van der Waals surface area (Å²) >= 11 is 0. The molecule has 0 radical (unpaired) electrons. The zero-order chi connectivity index (χ0) is 55.7. The molecular weight excluding hydrogens is 921 g/mol. The number of hydrogen-bond donors (Lipinski definition) is 11. The molecule has 0 saturated carbocycles. The first-order valence-electron chi connectivity index (χ1n) is 27.5.